The Morgan fingerprint density at radius 3 is 2.81 bits per heavy atom. The molecule has 1 N–H and O–H groups in total. The summed E-state index contributed by atoms with van der Waals surface area (Å²) >= 11 is 0. The van der Waals surface area contributed by atoms with Crippen LogP contribution in [0.2, 0.25) is 0 Å². The van der Waals surface area contributed by atoms with E-state index in [-0.39, 0.29) is 0 Å². The second kappa shape index (κ2) is 5.51. The molecule has 1 atom stereocenters. The van der Waals surface area contributed by atoms with Crippen molar-refractivity contribution in [2.45, 2.75) is 39.3 Å². The minimum Gasteiger partial charge on any atom is -0.469 e. The third kappa shape index (κ3) is 3.09. The van der Waals surface area contributed by atoms with Crippen molar-refractivity contribution < 1.29 is 4.42 Å². The van der Waals surface area contributed by atoms with Crippen LogP contribution in [0.15, 0.2) is 16.7 Å². The first kappa shape index (κ1) is 11.7. The number of nitrogens with zero attached hydrogens (tertiary/aromatic N) is 1. The molecule has 0 radical (unpaired) electrons. The summed E-state index contributed by atoms with van der Waals surface area (Å²) in [4.78, 5) is 2.54. The van der Waals surface area contributed by atoms with Crippen LogP contribution < -0.4 is 5.32 Å². The first-order chi connectivity index (χ1) is 7.75. The van der Waals surface area contributed by atoms with Crippen LogP contribution in [0.1, 0.15) is 31.1 Å². The molecule has 1 aliphatic rings. The first-order valence-corrected chi connectivity index (χ1v) is 6.24. The molecular formula is C13H22N2O. The first-order valence-electron chi connectivity index (χ1n) is 6.24. The van der Waals surface area contributed by atoms with Gasteiger partial charge in [0.25, 0.3) is 0 Å². The van der Waals surface area contributed by atoms with E-state index >= 15 is 0 Å². The molecule has 16 heavy (non-hydrogen) atoms. The van der Waals surface area contributed by atoms with Crippen LogP contribution in [0.4, 0.5) is 0 Å². The number of hydrogen-bond acceptors (Lipinski definition) is 3. The fourth-order valence-corrected chi connectivity index (χ4v) is 2.30. The molecule has 0 saturated carbocycles. The maximum Gasteiger partial charge on any atom is 0.105 e. The van der Waals surface area contributed by atoms with Crippen LogP contribution in [0.5, 0.6) is 0 Å². The van der Waals surface area contributed by atoms with Crippen molar-refractivity contribution in [3.8, 4) is 0 Å². The standard InChI is InChI=1S/C13H22N2O/c1-11(10-15-6-3-4-7-15)14-9-13-5-8-16-12(13)2/h5,8,11,14H,3-4,6-7,9-10H2,1-2H3. The van der Waals surface area contributed by atoms with E-state index in [1.807, 2.05) is 13.0 Å². The fourth-order valence-electron chi connectivity index (χ4n) is 2.30. The van der Waals surface area contributed by atoms with Crippen LogP contribution in [0.25, 0.3) is 0 Å². The van der Waals surface area contributed by atoms with E-state index < -0.39 is 0 Å². The molecule has 2 heterocycles. The average molecular weight is 222 g/mol. The summed E-state index contributed by atoms with van der Waals surface area (Å²) < 4.78 is 5.28. The topological polar surface area (TPSA) is 28.4 Å². The van der Waals surface area contributed by atoms with E-state index in [1.165, 1.54) is 31.5 Å². The predicted octanol–water partition coefficient (Wildman–Crippen LogP) is 2.16. The van der Waals surface area contributed by atoms with Gasteiger partial charge in [-0.1, -0.05) is 0 Å². The summed E-state index contributed by atoms with van der Waals surface area (Å²) in [7, 11) is 0. The van der Waals surface area contributed by atoms with E-state index in [0.717, 1.165) is 18.8 Å². The van der Waals surface area contributed by atoms with Gasteiger partial charge in [-0.05, 0) is 45.8 Å². The minimum atomic E-state index is 0.549. The van der Waals surface area contributed by atoms with Gasteiger partial charge in [-0.2, -0.15) is 0 Å². The van der Waals surface area contributed by atoms with Gasteiger partial charge in [0.1, 0.15) is 5.76 Å². The summed E-state index contributed by atoms with van der Waals surface area (Å²) in [6, 6.07) is 2.60. The molecule has 0 aromatic carbocycles. The molecule has 3 nitrogen and oxygen atoms in total. The lowest BCUT2D eigenvalue weighted by atomic mass is 10.2. The molecule has 1 aromatic rings. The highest BCUT2D eigenvalue weighted by atomic mass is 16.3. The van der Waals surface area contributed by atoms with Gasteiger partial charge in [-0.3, -0.25) is 0 Å². The van der Waals surface area contributed by atoms with E-state index in [1.54, 1.807) is 6.26 Å². The van der Waals surface area contributed by atoms with Crippen LogP contribution in [-0.4, -0.2) is 30.6 Å². The Hall–Kier alpha value is -0.800. The molecule has 0 amide bonds. The second-order valence-corrected chi connectivity index (χ2v) is 4.79. The van der Waals surface area contributed by atoms with Crippen molar-refractivity contribution in [2.75, 3.05) is 19.6 Å². The summed E-state index contributed by atoms with van der Waals surface area (Å²) in [5.41, 5.74) is 1.27. The number of aryl methyl sites for hydroxylation is 1. The Bertz CT molecular complexity index is 315. The maximum atomic E-state index is 5.28. The van der Waals surface area contributed by atoms with E-state index in [2.05, 4.69) is 17.1 Å². The summed E-state index contributed by atoms with van der Waals surface area (Å²) in [6.07, 6.45) is 4.50. The molecular weight excluding hydrogens is 200 g/mol. The number of rotatable bonds is 5. The highest BCUT2D eigenvalue weighted by Crippen LogP contribution is 2.10. The molecule has 90 valence electrons. The molecule has 0 aliphatic carbocycles. The minimum absolute atomic E-state index is 0.549. The third-order valence-electron chi connectivity index (χ3n) is 3.34. The van der Waals surface area contributed by atoms with Crippen molar-refractivity contribution in [1.29, 1.82) is 0 Å². The zero-order valence-corrected chi connectivity index (χ0v) is 10.3. The number of likely N-dealkylation sites (tertiary alicyclic amines) is 1. The van der Waals surface area contributed by atoms with Gasteiger partial charge < -0.3 is 14.6 Å². The van der Waals surface area contributed by atoms with Crippen molar-refractivity contribution >= 4 is 0 Å². The Balaban J connectivity index is 1.71. The lowest BCUT2D eigenvalue weighted by Gasteiger charge is -2.21. The van der Waals surface area contributed by atoms with Gasteiger partial charge >= 0.3 is 0 Å². The molecule has 1 aliphatic heterocycles. The smallest absolute Gasteiger partial charge is 0.105 e. The van der Waals surface area contributed by atoms with Crippen molar-refractivity contribution in [3.05, 3.63) is 23.7 Å². The van der Waals surface area contributed by atoms with Gasteiger partial charge in [0.2, 0.25) is 0 Å². The third-order valence-corrected chi connectivity index (χ3v) is 3.34. The second-order valence-electron chi connectivity index (χ2n) is 4.79. The van der Waals surface area contributed by atoms with Gasteiger partial charge in [0, 0.05) is 24.7 Å². The summed E-state index contributed by atoms with van der Waals surface area (Å²) in [5.74, 6) is 1.03. The SMILES string of the molecule is Cc1occc1CNC(C)CN1CCCC1. The zero-order chi connectivity index (χ0) is 11.4. The lowest BCUT2D eigenvalue weighted by Crippen LogP contribution is -2.37. The van der Waals surface area contributed by atoms with Crippen LogP contribution in [-0.2, 0) is 6.54 Å². The van der Waals surface area contributed by atoms with E-state index in [4.69, 9.17) is 4.42 Å². The maximum absolute atomic E-state index is 5.28. The fraction of sp³-hybridized carbons (Fsp3) is 0.692. The normalized spacial score (nSPS) is 19.1. The summed E-state index contributed by atoms with van der Waals surface area (Å²) in [6.45, 7) is 8.90. The Morgan fingerprint density at radius 1 is 1.44 bits per heavy atom. The molecule has 1 unspecified atom stereocenters. The molecule has 2 rings (SSSR count). The highest BCUT2D eigenvalue weighted by Gasteiger charge is 2.14. The zero-order valence-electron chi connectivity index (χ0n) is 10.3. The van der Waals surface area contributed by atoms with Gasteiger partial charge in [-0.15, -0.1) is 0 Å². The van der Waals surface area contributed by atoms with Crippen LogP contribution in [0.3, 0.4) is 0 Å². The average Bonchev–Trinajstić information content (AvgIpc) is 2.87. The van der Waals surface area contributed by atoms with Crippen LogP contribution >= 0.6 is 0 Å². The molecule has 1 fully saturated rings. The number of furan rings is 1. The van der Waals surface area contributed by atoms with Crippen LogP contribution in [0, 0.1) is 6.92 Å². The number of hydrogen-bond donors (Lipinski definition) is 1. The van der Waals surface area contributed by atoms with Gasteiger partial charge in [-0.25, -0.2) is 0 Å². The largest absolute Gasteiger partial charge is 0.469 e. The Morgan fingerprint density at radius 2 is 2.19 bits per heavy atom. The Labute approximate surface area is 97.8 Å². The van der Waals surface area contributed by atoms with Crippen molar-refractivity contribution in [3.63, 3.8) is 0 Å². The van der Waals surface area contributed by atoms with E-state index in [0.29, 0.717) is 6.04 Å². The van der Waals surface area contributed by atoms with E-state index in [9.17, 15) is 0 Å². The lowest BCUT2D eigenvalue weighted by molar-refractivity contribution is 0.298. The Kier molecular flexibility index (Phi) is 4.02. The van der Waals surface area contributed by atoms with Crippen molar-refractivity contribution in [2.24, 2.45) is 0 Å². The highest BCUT2D eigenvalue weighted by molar-refractivity contribution is 5.14. The molecule has 0 spiro atoms. The molecule has 0 bridgehead atoms. The van der Waals surface area contributed by atoms with Crippen molar-refractivity contribution in [1.82, 2.24) is 10.2 Å². The predicted molar refractivity (Wildman–Crippen MR) is 65.4 cm³/mol. The van der Waals surface area contributed by atoms with Gasteiger partial charge in [0.05, 0.1) is 6.26 Å². The molecule has 3 heteroatoms. The molecule has 1 saturated heterocycles. The number of nitrogens with one attached hydrogen (secondary N) is 1. The van der Waals surface area contributed by atoms with Gasteiger partial charge in [0.15, 0.2) is 0 Å². The quantitative estimate of drug-likeness (QED) is 0.827. The monoisotopic (exact) mass is 222 g/mol. The summed E-state index contributed by atoms with van der Waals surface area (Å²) in [5, 5.41) is 3.55. The molecule has 1 aromatic heterocycles.